The number of nitro groups is 1. The zero-order valence-corrected chi connectivity index (χ0v) is 18.7. The number of rotatable bonds is 9. The van der Waals surface area contributed by atoms with E-state index in [1.807, 2.05) is 36.4 Å². The Bertz CT molecular complexity index is 1010. The molecule has 0 amide bonds. The summed E-state index contributed by atoms with van der Waals surface area (Å²) in [7, 11) is 3.24. The van der Waals surface area contributed by atoms with Gasteiger partial charge in [0.25, 0.3) is 5.69 Å². The largest absolute Gasteiger partial charge is 0.497 e. The van der Waals surface area contributed by atoms with Gasteiger partial charge in [-0.3, -0.25) is 10.1 Å². The third-order valence-corrected chi connectivity index (χ3v) is 5.21. The summed E-state index contributed by atoms with van der Waals surface area (Å²) < 4.78 is 17.6. The van der Waals surface area contributed by atoms with Gasteiger partial charge in [-0.15, -0.1) is 0 Å². The number of ether oxygens (including phenoxy) is 3. The van der Waals surface area contributed by atoms with Crippen molar-refractivity contribution in [2.75, 3.05) is 19.5 Å². The van der Waals surface area contributed by atoms with Crippen LogP contribution in [0.25, 0.3) is 0 Å². The first kappa shape index (κ1) is 21.7. The third-order valence-electron chi connectivity index (χ3n) is 4.41. The molecule has 0 aliphatic heterocycles. The molecule has 0 atom stereocenters. The predicted octanol–water partition coefficient (Wildman–Crippen LogP) is 5.41. The maximum absolute atomic E-state index is 10.8. The molecule has 0 saturated heterocycles. The van der Waals surface area contributed by atoms with Gasteiger partial charge in [-0.05, 0) is 82.2 Å². The van der Waals surface area contributed by atoms with Crippen molar-refractivity contribution in [1.82, 2.24) is 0 Å². The fraction of sp³-hybridized carbons (Fsp3) is 0.182. The van der Waals surface area contributed by atoms with E-state index in [1.54, 1.807) is 26.4 Å². The number of hydrogen-bond acceptors (Lipinski definition) is 6. The monoisotopic (exact) mass is 520 g/mol. The van der Waals surface area contributed by atoms with Crippen LogP contribution < -0.4 is 19.5 Å². The highest BCUT2D eigenvalue weighted by Gasteiger charge is 2.13. The predicted molar refractivity (Wildman–Crippen MR) is 123 cm³/mol. The van der Waals surface area contributed by atoms with Crippen molar-refractivity contribution >= 4 is 34.0 Å². The van der Waals surface area contributed by atoms with Crippen LogP contribution in [0.15, 0.2) is 60.7 Å². The van der Waals surface area contributed by atoms with Crippen LogP contribution >= 0.6 is 22.6 Å². The van der Waals surface area contributed by atoms with Crippen LogP contribution in [0.1, 0.15) is 11.1 Å². The fourth-order valence-electron chi connectivity index (χ4n) is 2.80. The Balaban J connectivity index is 1.67. The van der Waals surface area contributed by atoms with Gasteiger partial charge in [-0.25, -0.2) is 0 Å². The van der Waals surface area contributed by atoms with Crippen molar-refractivity contribution in [3.63, 3.8) is 0 Å². The first-order valence-electron chi connectivity index (χ1n) is 9.10. The van der Waals surface area contributed by atoms with Crippen molar-refractivity contribution in [2.24, 2.45) is 0 Å². The zero-order chi connectivity index (χ0) is 21.5. The van der Waals surface area contributed by atoms with Gasteiger partial charge >= 0.3 is 0 Å². The number of nitro benzene ring substituents is 1. The maximum Gasteiger partial charge on any atom is 0.269 e. The van der Waals surface area contributed by atoms with E-state index in [0.717, 1.165) is 26.1 Å². The van der Waals surface area contributed by atoms with E-state index < -0.39 is 4.92 Å². The molecule has 156 valence electrons. The molecule has 30 heavy (non-hydrogen) atoms. The van der Waals surface area contributed by atoms with Gasteiger partial charge in [-0.2, -0.15) is 0 Å². The van der Waals surface area contributed by atoms with Gasteiger partial charge in [0, 0.05) is 24.4 Å². The smallest absolute Gasteiger partial charge is 0.269 e. The molecular formula is C22H21IN2O5. The number of halogens is 1. The van der Waals surface area contributed by atoms with Crippen LogP contribution in [-0.4, -0.2) is 19.1 Å². The fourth-order valence-corrected chi connectivity index (χ4v) is 3.62. The topological polar surface area (TPSA) is 82.9 Å². The van der Waals surface area contributed by atoms with Crippen molar-refractivity contribution in [1.29, 1.82) is 0 Å². The Labute approximate surface area is 188 Å². The molecular weight excluding hydrogens is 499 g/mol. The maximum atomic E-state index is 10.8. The molecule has 0 aliphatic rings. The molecule has 0 aromatic heterocycles. The molecule has 3 rings (SSSR count). The number of methoxy groups -OCH3 is 2. The van der Waals surface area contributed by atoms with Crippen LogP contribution in [0.2, 0.25) is 0 Å². The second kappa shape index (κ2) is 10.1. The molecule has 3 aromatic rings. The second-order valence-electron chi connectivity index (χ2n) is 6.40. The lowest BCUT2D eigenvalue weighted by atomic mass is 10.2. The van der Waals surface area contributed by atoms with E-state index in [9.17, 15) is 10.1 Å². The lowest BCUT2D eigenvalue weighted by Gasteiger charge is -2.15. The highest BCUT2D eigenvalue weighted by Crippen LogP contribution is 2.35. The SMILES string of the molecule is COc1ccc(NCc2cc(I)c(OCc3ccc([N+](=O)[O-])cc3)c(OC)c2)cc1. The molecule has 0 radical (unpaired) electrons. The van der Waals surface area contributed by atoms with Crippen molar-refractivity contribution in [2.45, 2.75) is 13.2 Å². The minimum absolute atomic E-state index is 0.0552. The lowest BCUT2D eigenvalue weighted by molar-refractivity contribution is -0.384. The third kappa shape index (κ3) is 5.53. The summed E-state index contributed by atoms with van der Waals surface area (Å²) in [6, 6.07) is 18.0. The summed E-state index contributed by atoms with van der Waals surface area (Å²) in [5.41, 5.74) is 2.93. The highest BCUT2D eigenvalue weighted by molar-refractivity contribution is 14.1. The van der Waals surface area contributed by atoms with E-state index >= 15 is 0 Å². The Morgan fingerprint density at radius 1 is 0.967 bits per heavy atom. The van der Waals surface area contributed by atoms with E-state index in [1.165, 1.54) is 12.1 Å². The van der Waals surface area contributed by atoms with Gasteiger partial charge in [0.05, 0.1) is 22.7 Å². The summed E-state index contributed by atoms with van der Waals surface area (Å²) in [6.07, 6.45) is 0. The molecule has 0 heterocycles. The molecule has 0 bridgehead atoms. The lowest BCUT2D eigenvalue weighted by Crippen LogP contribution is -2.04. The van der Waals surface area contributed by atoms with Gasteiger partial charge in [0.15, 0.2) is 11.5 Å². The molecule has 0 spiro atoms. The Morgan fingerprint density at radius 2 is 1.67 bits per heavy atom. The Hall–Kier alpha value is -3.01. The minimum atomic E-state index is -0.421. The average molecular weight is 520 g/mol. The van der Waals surface area contributed by atoms with E-state index in [0.29, 0.717) is 18.0 Å². The summed E-state index contributed by atoms with van der Waals surface area (Å²) in [6.45, 7) is 0.912. The number of benzene rings is 3. The molecule has 0 unspecified atom stereocenters. The highest BCUT2D eigenvalue weighted by atomic mass is 127. The molecule has 0 aliphatic carbocycles. The standard InChI is InChI=1S/C22H21IN2O5/c1-28-19-9-5-17(6-10-19)24-13-16-11-20(23)22(21(12-16)29-2)30-14-15-3-7-18(8-4-15)25(26)27/h3-12,24H,13-14H2,1-2H3. The molecule has 0 saturated carbocycles. The molecule has 8 heteroatoms. The van der Waals surface area contributed by atoms with Crippen molar-refractivity contribution in [3.8, 4) is 17.2 Å². The minimum Gasteiger partial charge on any atom is -0.497 e. The van der Waals surface area contributed by atoms with Crippen LogP contribution in [-0.2, 0) is 13.2 Å². The summed E-state index contributed by atoms with van der Waals surface area (Å²) in [4.78, 5) is 10.3. The van der Waals surface area contributed by atoms with Crippen LogP contribution in [0, 0.1) is 13.7 Å². The number of anilines is 1. The number of non-ortho nitro benzene ring substituents is 1. The summed E-state index contributed by atoms with van der Waals surface area (Å²) in [5, 5.41) is 14.1. The summed E-state index contributed by atoms with van der Waals surface area (Å²) in [5.74, 6) is 2.09. The van der Waals surface area contributed by atoms with Gasteiger partial charge in [0.2, 0.25) is 0 Å². The number of nitrogens with zero attached hydrogens (tertiary/aromatic N) is 1. The first-order valence-corrected chi connectivity index (χ1v) is 10.2. The van der Waals surface area contributed by atoms with E-state index in [4.69, 9.17) is 14.2 Å². The quantitative estimate of drug-likeness (QED) is 0.231. The van der Waals surface area contributed by atoms with Crippen molar-refractivity contribution < 1.29 is 19.1 Å². The Morgan fingerprint density at radius 3 is 2.27 bits per heavy atom. The second-order valence-corrected chi connectivity index (χ2v) is 7.57. The summed E-state index contributed by atoms with van der Waals surface area (Å²) >= 11 is 2.22. The van der Waals surface area contributed by atoms with E-state index in [2.05, 4.69) is 27.9 Å². The Kier molecular flexibility index (Phi) is 7.34. The van der Waals surface area contributed by atoms with Crippen LogP contribution in [0.4, 0.5) is 11.4 Å². The van der Waals surface area contributed by atoms with Crippen molar-refractivity contribution in [3.05, 3.63) is 85.5 Å². The van der Waals surface area contributed by atoms with Crippen LogP contribution in [0.3, 0.4) is 0 Å². The zero-order valence-electron chi connectivity index (χ0n) is 16.6. The molecule has 3 aromatic carbocycles. The number of nitrogens with one attached hydrogen (secondary N) is 1. The molecule has 0 fully saturated rings. The van der Waals surface area contributed by atoms with Gasteiger partial charge < -0.3 is 19.5 Å². The van der Waals surface area contributed by atoms with Gasteiger partial charge in [-0.1, -0.05) is 0 Å². The first-order chi connectivity index (χ1) is 14.5. The molecule has 1 N–H and O–H groups in total. The average Bonchev–Trinajstić information content (AvgIpc) is 2.77. The number of hydrogen-bond donors (Lipinski definition) is 1. The molecule has 7 nitrogen and oxygen atoms in total. The normalized spacial score (nSPS) is 10.4. The van der Waals surface area contributed by atoms with Gasteiger partial charge in [0.1, 0.15) is 12.4 Å². The van der Waals surface area contributed by atoms with Crippen LogP contribution in [0.5, 0.6) is 17.2 Å². The van der Waals surface area contributed by atoms with E-state index in [-0.39, 0.29) is 12.3 Å².